The van der Waals surface area contributed by atoms with Crippen LogP contribution in [0.3, 0.4) is 0 Å². The van der Waals surface area contributed by atoms with Crippen LogP contribution < -0.4 is 5.32 Å². The summed E-state index contributed by atoms with van der Waals surface area (Å²) in [6.07, 6.45) is 1.65. The van der Waals surface area contributed by atoms with Crippen molar-refractivity contribution in [3.8, 4) is 0 Å². The van der Waals surface area contributed by atoms with Crippen molar-refractivity contribution in [3.63, 3.8) is 0 Å². The normalized spacial score (nSPS) is 13.1. The summed E-state index contributed by atoms with van der Waals surface area (Å²) in [5.74, 6) is 0. The lowest BCUT2D eigenvalue weighted by atomic mass is 10.2. The predicted octanol–water partition coefficient (Wildman–Crippen LogP) is 1.37. The Kier molecular flexibility index (Phi) is 4.38. The molecule has 1 aromatic rings. The van der Waals surface area contributed by atoms with Crippen LogP contribution in [0.2, 0.25) is 5.02 Å². The van der Waals surface area contributed by atoms with Crippen LogP contribution >= 0.6 is 11.6 Å². The molecule has 80 valence electrons. The van der Waals surface area contributed by atoms with Gasteiger partial charge in [-0.3, -0.25) is 4.68 Å². The maximum Gasteiger partial charge on any atom is 0.0834 e. The molecule has 0 bridgehead atoms. The SMILES string of the molecule is CCOCC(NC)c1c(Cl)cnn1C. The van der Waals surface area contributed by atoms with Gasteiger partial charge in [-0.2, -0.15) is 5.10 Å². The Morgan fingerprint density at radius 1 is 1.71 bits per heavy atom. The zero-order valence-electron chi connectivity index (χ0n) is 8.75. The predicted molar refractivity (Wildman–Crippen MR) is 56.5 cm³/mol. The molecule has 1 rings (SSSR count). The van der Waals surface area contributed by atoms with E-state index in [0.717, 1.165) is 5.69 Å². The van der Waals surface area contributed by atoms with Crippen molar-refractivity contribution in [1.82, 2.24) is 15.1 Å². The van der Waals surface area contributed by atoms with Gasteiger partial charge in [0.2, 0.25) is 0 Å². The highest BCUT2D eigenvalue weighted by atomic mass is 35.5. The van der Waals surface area contributed by atoms with Gasteiger partial charge in [-0.25, -0.2) is 0 Å². The maximum atomic E-state index is 6.02. The van der Waals surface area contributed by atoms with Gasteiger partial charge in [0.05, 0.1) is 29.6 Å². The van der Waals surface area contributed by atoms with Crippen LogP contribution in [0, 0.1) is 0 Å². The first-order valence-electron chi connectivity index (χ1n) is 4.63. The fourth-order valence-corrected chi connectivity index (χ4v) is 1.64. The molecular formula is C9H16ClN3O. The van der Waals surface area contributed by atoms with E-state index < -0.39 is 0 Å². The molecule has 1 N–H and O–H groups in total. The molecule has 1 atom stereocenters. The minimum Gasteiger partial charge on any atom is -0.380 e. The van der Waals surface area contributed by atoms with Gasteiger partial charge in [0, 0.05) is 13.7 Å². The lowest BCUT2D eigenvalue weighted by Crippen LogP contribution is -2.24. The summed E-state index contributed by atoms with van der Waals surface area (Å²) in [5.41, 5.74) is 0.961. The summed E-state index contributed by atoms with van der Waals surface area (Å²) in [7, 11) is 3.75. The Hall–Kier alpha value is -0.580. The van der Waals surface area contributed by atoms with Gasteiger partial charge in [-0.1, -0.05) is 11.6 Å². The van der Waals surface area contributed by atoms with Crippen molar-refractivity contribution >= 4 is 11.6 Å². The molecule has 0 aromatic carbocycles. The Morgan fingerprint density at radius 2 is 2.43 bits per heavy atom. The molecule has 5 heteroatoms. The molecule has 4 nitrogen and oxygen atoms in total. The van der Waals surface area contributed by atoms with E-state index in [1.165, 1.54) is 0 Å². The highest BCUT2D eigenvalue weighted by molar-refractivity contribution is 6.31. The van der Waals surface area contributed by atoms with Crippen molar-refractivity contribution in [2.24, 2.45) is 7.05 Å². The average Bonchev–Trinajstić information content (AvgIpc) is 2.50. The third kappa shape index (κ3) is 2.47. The molecule has 1 heterocycles. The van der Waals surface area contributed by atoms with Crippen LogP contribution in [-0.2, 0) is 11.8 Å². The Bertz CT molecular complexity index is 268. The van der Waals surface area contributed by atoms with E-state index in [1.807, 2.05) is 21.0 Å². The molecule has 0 saturated heterocycles. The van der Waals surface area contributed by atoms with Crippen LogP contribution in [0.5, 0.6) is 0 Å². The van der Waals surface area contributed by atoms with E-state index >= 15 is 0 Å². The highest BCUT2D eigenvalue weighted by Crippen LogP contribution is 2.21. The number of likely N-dealkylation sites (N-methyl/N-ethyl adjacent to an activating group) is 1. The lowest BCUT2D eigenvalue weighted by molar-refractivity contribution is 0.123. The highest BCUT2D eigenvalue weighted by Gasteiger charge is 2.17. The molecule has 1 aromatic heterocycles. The molecular weight excluding hydrogens is 202 g/mol. The summed E-state index contributed by atoms with van der Waals surface area (Å²) in [5, 5.41) is 7.91. The molecule has 0 aliphatic heterocycles. The number of hydrogen-bond acceptors (Lipinski definition) is 3. The molecule has 0 fully saturated rings. The van der Waals surface area contributed by atoms with Gasteiger partial charge < -0.3 is 10.1 Å². The fourth-order valence-electron chi connectivity index (χ4n) is 1.35. The molecule has 0 amide bonds. The van der Waals surface area contributed by atoms with Gasteiger partial charge in [0.25, 0.3) is 0 Å². The molecule has 14 heavy (non-hydrogen) atoms. The van der Waals surface area contributed by atoms with E-state index in [9.17, 15) is 0 Å². The topological polar surface area (TPSA) is 39.1 Å². The maximum absolute atomic E-state index is 6.02. The Labute approximate surface area is 89.2 Å². The number of ether oxygens (including phenoxy) is 1. The molecule has 0 spiro atoms. The molecule has 0 aliphatic carbocycles. The first kappa shape index (κ1) is 11.5. The minimum absolute atomic E-state index is 0.0925. The smallest absolute Gasteiger partial charge is 0.0834 e. The van der Waals surface area contributed by atoms with Gasteiger partial charge in [0.15, 0.2) is 0 Å². The van der Waals surface area contributed by atoms with Crippen LogP contribution in [0.1, 0.15) is 18.7 Å². The standard InChI is InChI=1S/C9H16ClN3O/c1-4-14-6-8(11-2)9-7(10)5-12-13(9)3/h5,8,11H,4,6H2,1-3H3. The van der Waals surface area contributed by atoms with E-state index in [2.05, 4.69) is 10.4 Å². The number of hydrogen-bond donors (Lipinski definition) is 1. The van der Waals surface area contributed by atoms with Crippen molar-refractivity contribution in [2.75, 3.05) is 20.3 Å². The van der Waals surface area contributed by atoms with Gasteiger partial charge in [0.1, 0.15) is 0 Å². The number of aryl methyl sites for hydroxylation is 1. The second-order valence-corrected chi connectivity index (χ2v) is 3.41. The zero-order chi connectivity index (χ0) is 10.6. The van der Waals surface area contributed by atoms with Gasteiger partial charge in [-0.05, 0) is 14.0 Å². The van der Waals surface area contributed by atoms with Crippen LogP contribution in [0.25, 0.3) is 0 Å². The molecule has 0 aliphatic rings. The third-order valence-corrected chi connectivity index (χ3v) is 2.40. The van der Waals surface area contributed by atoms with Gasteiger partial charge in [-0.15, -0.1) is 0 Å². The number of halogens is 1. The second kappa shape index (κ2) is 5.34. The summed E-state index contributed by atoms with van der Waals surface area (Å²) >= 11 is 6.02. The largest absolute Gasteiger partial charge is 0.380 e. The van der Waals surface area contributed by atoms with Crippen LogP contribution in [0.15, 0.2) is 6.20 Å². The fraction of sp³-hybridized carbons (Fsp3) is 0.667. The van der Waals surface area contributed by atoms with Crippen molar-refractivity contribution in [1.29, 1.82) is 0 Å². The number of aromatic nitrogens is 2. The van der Waals surface area contributed by atoms with E-state index in [1.54, 1.807) is 10.9 Å². The quantitative estimate of drug-likeness (QED) is 0.810. The van der Waals surface area contributed by atoms with Crippen molar-refractivity contribution in [2.45, 2.75) is 13.0 Å². The van der Waals surface area contributed by atoms with E-state index in [-0.39, 0.29) is 6.04 Å². The number of rotatable bonds is 5. The Balaban J connectivity index is 2.77. The number of nitrogens with zero attached hydrogens (tertiary/aromatic N) is 2. The molecule has 0 saturated carbocycles. The first-order valence-corrected chi connectivity index (χ1v) is 5.00. The molecule has 1 unspecified atom stereocenters. The van der Waals surface area contributed by atoms with Crippen LogP contribution in [0.4, 0.5) is 0 Å². The summed E-state index contributed by atoms with van der Waals surface area (Å²) in [4.78, 5) is 0. The summed E-state index contributed by atoms with van der Waals surface area (Å²) in [6.45, 7) is 3.28. The minimum atomic E-state index is 0.0925. The lowest BCUT2D eigenvalue weighted by Gasteiger charge is -2.16. The summed E-state index contributed by atoms with van der Waals surface area (Å²) in [6, 6.07) is 0.0925. The van der Waals surface area contributed by atoms with Crippen molar-refractivity contribution in [3.05, 3.63) is 16.9 Å². The van der Waals surface area contributed by atoms with E-state index in [0.29, 0.717) is 18.2 Å². The average molecular weight is 218 g/mol. The van der Waals surface area contributed by atoms with Gasteiger partial charge >= 0.3 is 0 Å². The molecule has 0 radical (unpaired) electrons. The Morgan fingerprint density at radius 3 is 2.86 bits per heavy atom. The second-order valence-electron chi connectivity index (χ2n) is 3.00. The third-order valence-electron chi connectivity index (χ3n) is 2.10. The number of nitrogens with one attached hydrogen (secondary N) is 1. The zero-order valence-corrected chi connectivity index (χ0v) is 9.51. The van der Waals surface area contributed by atoms with Crippen molar-refractivity contribution < 1.29 is 4.74 Å². The van der Waals surface area contributed by atoms with E-state index in [4.69, 9.17) is 16.3 Å². The van der Waals surface area contributed by atoms with Crippen LogP contribution in [-0.4, -0.2) is 30.0 Å². The monoisotopic (exact) mass is 217 g/mol. The summed E-state index contributed by atoms with van der Waals surface area (Å²) < 4.78 is 7.12. The first-order chi connectivity index (χ1) is 6.70.